The highest BCUT2D eigenvalue weighted by Gasteiger charge is 2.46. The molecular formula is C13H23N3O8S. The molecule has 0 radical (unpaired) electrons. The lowest BCUT2D eigenvalue weighted by Gasteiger charge is -2.41. The second-order valence-electron chi connectivity index (χ2n) is 6.17. The third-order valence-electron chi connectivity index (χ3n) is 3.79. The highest BCUT2D eigenvalue weighted by atomic mass is 32.2. The van der Waals surface area contributed by atoms with Gasteiger partial charge >= 0.3 is 0 Å². The van der Waals surface area contributed by atoms with Crippen molar-refractivity contribution in [2.45, 2.75) is 62.2 Å². The van der Waals surface area contributed by atoms with E-state index in [1.807, 2.05) is 0 Å². The normalized spacial score (nSPS) is 31.1. The number of nitrogens with one attached hydrogen (secondary N) is 2. The number of carbonyl (C=O) groups is 2. The molecule has 1 aliphatic heterocycles. The van der Waals surface area contributed by atoms with Crippen molar-refractivity contribution in [2.75, 3.05) is 6.61 Å². The van der Waals surface area contributed by atoms with Crippen LogP contribution in [0.3, 0.4) is 0 Å². The number of carbonyl (C=O) groups excluding carboxylic acids is 2. The van der Waals surface area contributed by atoms with Crippen LogP contribution in [0, 0.1) is 4.91 Å². The average Bonchev–Trinajstić information content (AvgIpc) is 2.52. The van der Waals surface area contributed by atoms with Gasteiger partial charge in [0.05, 0.1) is 11.4 Å². The van der Waals surface area contributed by atoms with Gasteiger partial charge in [0.1, 0.15) is 30.4 Å². The molecule has 1 heterocycles. The molecule has 0 bridgehead atoms. The largest absolute Gasteiger partial charge is 0.394 e. The van der Waals surface area contributed by atoms with Crippen LogP contribution in [-0.2, 0) is 14.3 Å². The van der Waals surface area contributed by atoms with Crippen LogP contribution in [0.4, 0.5) is 0 Å². The van der Waals surface area contributed by atoms with Crippen molar-refractivity contribution < 1.29 is 34.8 Å². The van der Waals surface area contributed by atoms with Gasteiger partial charge in [-0.3, -0.25) is 9.59 Å². The molecule has 11 nitrogen and oxygen atoms in total. The predicted octanol–water partition coefficient (Wildman–Crippen LogP) is -2.40. The predicted molar refractivity (Wildman–Crippen MR) is 87.0 cm³/mol. The van der Waals surface area contributed by atoms with Gasteiger partial charge in [0.15, 0.2) is 6.29 Å². The maximum atomic E-state index is 12.5. The van der Waals surface area contributed by atoms with E-state index in [0.717, 1.165) is 0 Å². The van der Waals surface area contributed by atoms with Crippen molar-refractivity contribution in [3.05, 3.63) is 4.91 Å². The van der Waals surface area contributed by atoms with Gasteiger partial charge < -0.3 is 35.8 Å². The van der Waals surface area contributed by atoms with E-state index in [-0.39, 0.29) is 0 Å². The van der Waals surface area contributed by atoms with E-state index >= 15 is 0 Å². The second-order valence-corrected chi connectivity index (χ2v) is 7.55. The van der Waals surface area contributed by atoms with Gasteiger partial charge in [-0.2, -0.15) is 0 Å². The molecule has 1 rings (SSSR count). The van der Waals surface area contributed by atoms with Crippen LogP contribution in [0.1, 0.15) is 20.8 Å². The molecule has 0 aromatic rings. The molecule has 1 aliphatic rings. The number of nitroso groups, excluding NO2 is 1. The third-order valence-corrected chi connectivity index (χ3v) is 4.57. The highest BCUT2D eigenvalue weighted by molar-refractivity contribution is 7.99. The molecule has 0 saturated carbocycles. The zero-order valence-corrected chi connectivity index (χ0v) is 14.8. The van der Waals surface area contributed by atoms with E-state index in [9.17, 15) is 29.8 Å². The van der Waals surface area contributed by atoms with Crippen molar-refractivity contribution in [3.8, 4) is 0 Å². The summed E-state index contributed by atoms with van der Waals surface area (Å²) < 4.78 is 6.49. The zero-order valence-electron chi connectivity index (χ0n) is 13.9. The molecule has 0 unspecified atom stereocenters. The maximum Gasteiger partial charge on any atom is 0.244 e. The summed E-state index contributed by atoms with van der Waals surface area (Å²) in [5, 5.41) is 43.5. The minimum absolute atomic E-state index is 0.535. The van der Waals surface area contributed by atoms with E-state index in [0.29, 0.717) is 11.9 Å². The molecule has 12 heteroatoms. The maximum absolute atomic E-state index is 12.5. The fourth-order valence-electron chi connectivity index (χ4n) is 2.41. The van der Waals surface area contributed by atoms with Crippen LogP contribution in [0.5, 0.6) is 0 Å². The zero-order chi connectivity index (χ0) is 19.4. The van der Waals surface area contributed by atoms with Crippen LogP contribution < -0.4 is 10.6 Å². The highest BCUT2D eigenvalue weighted by Crippen LogP contribution is 2.29. The van der Waals surface area contributed by atoms with Crippen molar-refractivity contribution in [1.82, 2.24) is 10.6 Å². The van der Waals surface area contributed by atoms with Crippen molar-refractivity contribution >= 4 is 23.8 Å². The van der Waals surface area contributed by atoms with Gasteiger partial charge in [0.25, 0.3) is 0 Å². The lowest BCUT2D eigenvalue weighted by Crippen LogP contribution is -2.67. The van der Waals surface area contributed by atoms with Crippen LogP contribution >= 0.6 is 11.9 Å². The van der Waals surface area contributed by atoms with Gasteiger partial charge in [0.2, 0.25) is 11.8 Å². The van der Waals surface area contributed by atoms with Gasteiger partial charge in [-0.1, -0.05) is 0 Å². The molecule has 144 valence electrons. The van der Waals surface area contributed by atoms with Crippen LogP contribution in [0.25, 0.3) is 0 Å². The van der Waals surface area contributed by atoms with Gasteiger partial charge in [-0.15, -0.1) is 4.91 Å². The standard InChI is InChI=1S/C13H23N3O8S/c1-5(18)14-10(13(2,3)25-16-23)11(21)15-7-9(20)8(19)6(4-17)24-12(7)22/h6-10,12,17,19-20,22H,4H2,1-3H3,(H,14,18)(H,15,21)/t6-,7-,8-,9-,10-,12+/m1/s1. The summed E-state index contributed by atoms with van der Waals surface area (Å²) in [5.74, 6) is -1.36. The van der Waals surface area contributed by atoms with Crippen molar-refractivity contribution in [1.29, 1.82) is 0 Å². The Morgan fingerprint density at radius 3 is 2.36 bits per heavy atom. The minimum atomic E-state index is -1.70. The fraction of sp³-hybridized carbons (Fsp3) is 0.846. The molecule has 1 saturated heterocycles. The molecule has 0 aromatic carbocycles. The summed E-state index contributed by atoms with van der Waals surface area (Å²) in [7, 11) is 0. The molecule has 0 aromatic heterocycles. The molecular weight excluding hydrogens is 358 g/mol. The summed E-state index contributed by atoms with van der Waals surface area (Å²) in [5.41, 5.74) is 0. The topological polar surface area (TPSA) is 178 Å². The number of hydrogen-bond acceptors (Lipinski definition) is 10. The Morgan fingerprint density at radius 2 is 1.88 bits per heavy atom. The average molecular weight is 381 g/mol. The third kappa shape index (κ3) is 5.33. The first kappa shape index (κ1) is 21.7. The van der Waals surface area contributed by atoms with Crippen molar-refractivity contribution in [3.63, 3.8) is 0 Å². The summed E-state index contributed by atoms with van der Waals surface area (Å²) in [6.07, 6.45) is -6.08. The number of nitrogens with zero attached hydrogens (tertiary/aromatic N) is 1. The quantitative estimate of drug-likeness (QED) is 0.207. The van der Waals surface area contributed by atoms with E-state index in [4.69, 9.17) is 9.84 Å². The van der Waals surface area contributed by atoms with Gasteiger partial charge in [-0.25, -0.2) is 0 Å². The number of hydrogen-bond donors (Lipinski definition) is 6. The summed E-state index contributed by atoms with van der Waals surface area (Å²) in [6, 6.07) is -2.63. The summed E-state index contributed by atoms with van der Waals surface area (Å²) in [6.45, 7) is 3.54. The first-order chi connectivity index (χ1) is 11.5. The fourth-order valence-corrected chi connectivity index (χ4v) is 2.87. The SMILES string of the molecule is CC(=O)N[C@H](C(=O)N[C@@H]1[C@@H](O)[C@H](O)[C@@H](CO)O[C@@H]1O)C(C)(C)SN=O. The Balaban J connectivity index is 2.95. The summed E-state index contributed by atoms with van der Waals surface area (Å²) in [4.78, 5) is 34.4. The number of aliphatic hydroxyl groups excluding tert-OH is 4. The Bertz CT molecular complexity index is 506. The Labute approximate surface area is 148 Å². The second kappa shape index (κ2) is 8.87. The monoisotopic (exact) mass is 381 g/mol. The Kier molecular flexibility index (Phi) is 7.71. The molecule has 6 atom stereocenters. The first-order valence-corrected chi connectivity index (χ1v) is 8.21. The van der Waals surface area contributed by atoms with Crippen LogP contribution in [-0.4, -0.2) is 80.3 Å². The minimum Gasteiger partial charge on any atom is -0.394 e. The number of ether oxygens (including phenoxy) is 1. The van der Waals surface area contributed by atoms with E-state index in [1.54, 1.807) is 0 Å². The molecule has 0 spiro atoms. The number of amides is 2. The molecule has 6 N–H and O–H groups in total. The van der Waals surface area contributed by atoms with Gasteiger partial charge in [0, 0.05) is 23.5 Å². The smallest absolute Gasteiger partial charge is 0.244 e. The van der Waals surface area contributed by atoms with Crippen LogP contribution in [0.15, 0.2) is 4.58 Å². The van der Waals surface area contributed by atoms with E-state index in [1.165, 1.54) is 20.8 Å². The Hall–Kier alpha value is -1.31. The number of rotatable bonds is 7. The summed E-state index contributed by atoms with van der Waals surface area (Å²) >= 11 is 0.535. The number of aliphatic hydroxyl groups is 4. The molecule has 0 aliphatic carbocycles. The molecule has 2 amide bonds. The Morgan fingerprint density at radius 1 is 1.28 bits per heavy atom. The van der Waals surface area contributed by atoms with Gasteiger partial charge in [-0.05, 0) is 13.8 Å². The van der Waals surface area contributed by atoms with E-state index < -0.39 is 59.9 Å². The molecule has 1 fully saturated rings. The first-order valence-electron chi connectivity index (χ1n) is 7.44. The van der Waals surface area contributed by atoms with Crippen molar-refractivity contribution in [2.24, 2.45) is 4.58 Å². The van der Waals surface area contributed by atoms with Crippen LogP contribution in [0.2, 0.25) is 0 Å². The van der Waals surface area contributed by atoms with E-state index in [2.05, 4.69) is 15.2 Å². The lowest BCUT2D eigenvalue weighted by atomic mass is 9.95. The lowest BCUT2D eigenvalue weighted by molar-refractivity contribution is -0.254. The molecule has 25 heavy (non-hydrogen) atoms.